The summed E-state index contributed by atoms with van der Waals surface area (Å²) in [5, 5.41) is 3.90. The first-order chi connectivity index (χ1) is 18.5. The van der Waals surface area contributed by atoms with E-state index in [2.05, 4.69) is 58.5 Å². The molecule has 1 amide bonds. The van der Waals surface area contributed by atoms with Crippen LogP contribution < -0.4 is 19.5 Å². The van der Waals surface area contributed by atoms with Crippen LogP contribution in [-0.4, -0.2) is 49.8 Å². The van der Waals surface area contributed by atoms with Crippen LogP contribution in [0.25, 0.3) is 16.8 Å². The van der Waals surface area contributed by atoms with Gasteiger partial charge in [-0.3, -0.25) is 4.79 Å². The van der Waals surface area contributed by atoms with Gasteiger partial charge in [0.15, 0.2) is 0 Å². The molecular formula is C31H31N3O4. The minimum absolute atomic E-state index is 0.00886. The molecule has 0 saturated carbocycles. The monoisotopic (exact) mass is 509 g/mol. The van der Waals surface area contributed by atoms with E-state index in [1.54, 1.807) is 39.5 Å². The third kappa shape index (κ3) is 4.04. The second-order valence-corrected chi connectivity index (χ2v) is 9.82. The van der Waals surface area contributed by atoms with Crippen molar-refractivity contribution in [2.45, 2.75) is 18.4 Å². The minimum atomic E-state index is -0.252. The number of aromatic nitrogens is 1. The molecule has 4 aromatic rings. The number of fused-ring (bicyclic) bond motifs is 4. The molecule has 0 atom stereocenters. The zero-order valence-electron chi connectivity index (χ0n) is 21.9. The van der Waals surface area contributed by atoms with Crippen molar-refractivity contribution in [2.24, 2.45) is 0 Å². The summed E-state index contributed by atoms with van der Waals surface area (Å²) >= 11 is 0. The van der Waals surface area contributed by atoms with Crippen molar-refractivity contribution in [1.29, 1.82) is 0 Å². The van der Waals surface area contributed by atoms with Crippen molar-refractivity contribution in [3.05, 3.63) is 90.3 Å². The van der Waals surface area contributed by atoms with Gasteiger partial charge in [-0.05, 0) is 72.5 Å². The fourth-order valence-electron chi connectivity index (χ4n) is 5.70. The number of amides is 1. The highest BCUT2D eigenvalue weighted by atomic mass is 16.5. The Kier molecular flexibility index (Phi) is 5.98. The van der Waals surface area contributed by atoms with Crippen LogP contribution in [0.2, 0.25) is 0 Å². The van der Waals surface area contributed by atoms with Gasteiger partial charge in [-0.2, -0.15) is 0 Å². The zero-order valence-corrected chi connectivity index (χ0v) is 21.9. The number of anilines is 1. The van der Waals surface area contributed by atoms with E-state index in [-0.39, 0.29) is 11.4 Å². The van der Waals surface area contributed by atoms with Crippen molar-refractivity contribution >= 4 is 11.6 Å². The molecule has 0 aliphatic carbocycles. The topological polar surface area (TPSA) is 65.0 Å². The van der Waals surface area contributed by atoms with Gasteiger partial charge in [-0.15, -0.1) is 0 Å². The van der Waals surface area contributed by atoms with E-state index in [1.807, 2.05) is 17.0 Å². The molecule has 1 fully saturated rings. The lowest BCUT2D eigenvalue weighted by atomic mass is 9.82. The lowest BCUT2D eigenvalue weighted by Gasteiger charge is -2.46. The van der Waals surface area contributed by atoms with E-state index < -0.39 is 0 Å². The molecule has 0 bridgehead atoms. The van der Waals surface area contributed by atoms with Crippen LogP contribution in [0.1, 0.15) is 28.9 Å². The highest BCUT2D eigenvalue weighted by molar-refractivity contribution is 5.95. The van der Waals surface area contributed by atoms with E-state index in [1.165, 1.54) is 5.69 Å². The summed E-state index contributed by atoms with van der Waals surface area (Å²) in [7, 11) is 4.86. The Morgan fingerprint density at radius 2 is 1.45 bits per heavy atom. The molecule has 194 valence electrons. The highest BCUT2D eigenvalue weighted by Gasteiger charge is 2.42. The van der Waals surface area contributed by atoms with Gasteiger partial charge < -0.3 is 29.0 Å². The third-order valence-corrected chi connectivity index (χ3v) is 7.80. The van der Waals surface area contributed by atoms with E-state index in [0.29, 0.717) is 30.2 Å². The van der Waals surface area contributed by atoms with Crippen molar-refractivity contribution < 1.29 is 19.0 Å². The van der Waals surface area contributed by atoms with Gasteiger partial charge in [-0.25, -0.2) is 0 Å². The molecule has 1 N–H and O–H groups in total. The molecule has 38 heavy (non-hydrogen) atoms. The summed E-state index contributed by atoms with van der Waals surface area (Å²) in [6.45, 7) is 1.29. The summed E-state index contributed by atoms with van der Waals surface area (Å²) in [5.41, 5.74) is 6.07. The number of ether oxygens (including phenoxy) is 3. The molecule has 7 nitrogen and oxygen atoms in total. The Balaban J connectivity index is 1.27. The summed E-state index contributed by atoms with van der Waals surface area (Å²) in [6.07, 6.45) is 3.73. The van der Waals surface area contributed by atoms with Crippen molar-refractivity contribution in [2.75, 3.05) is 39.7 Å². The smallest absolute Gasteiger partial charge is 0.254 e. The number of likely N-dealkylation sites (tertiary alicyclic amines) is 1. The number of nitrogens with one attached hydrogen (secondary N) is 1. The summed E-state index contributed by atoms with van der Waals surface area (Å²) in [5.74, 6) is 2.05. The molecule has 1 spiro atoms. The SMILES string of the molecule is COc1ccc(-c2ccc3c(c2)NC2(CCN(C(=O)c4cc(OC)cc(OC)c4)CC2)c2cccn2-3)cc1. The van der Waals surface area contributed by atoms with Gasteiger partial charge in [0.1, 0.15) is 17.2 Å². The fourth-order valence-corrected chi connectivity index (χ4v) is 5.70. The Bertz CT molecular complexity index is 1460. The zero-order chi connectivity index (χ0) is 26.3. The van der Waals surface area contributed by atoms with Crippen LogP contribution in [0.3, 0.4) is 0 Å². The second kappa shape index (κ2) is 9.49. The van der Waals surface area contributed by atoms with Crippen LogP contribution in [0.5, 0.6) is 17.2 Å². The fraction of sp³-hybridized carbons (Fsp3) is 0.258. The normalized spacial score (nSPS) is 15.3. The summed E-state index contributed by atoms with van der Waals surface area (Å²) in [4.78, 5) is 15.4. The van der Waals surface area contributed by atoms with E-state index >= 15 is 0 Å². The van der Waals surface area contributed by atoms with Crippen molar-refractivity contribution in [3.63, 3.8) is 0 Å². The number of methoxy groups -OCH3 is 3. The Labute approximate surface area is 222 Å². The van der Waals surface area contributed by atoms with Gasteiger partial charge in [0.25, 0.3) is 5.91 Å². The average Bonchev–Trinajstić information content (AvgIpc) is 3.48. The maximum Gasteiger partial charge on any atom is 0.254 e. The van der Waals surface area contributed by atoms with Gasteiger partial charge in [0.2, 0.25) is 0 Å². The van der Waals surface area contributed by atoms with Crippen LogP contribution in [0, 0.1) is 0 Å². The number of nitrogens with zero attached hydrogens (tertiary/aromatic N) is 2. The molecule has 2 aliphatic rings. The second-order valence-electron chi connectivity index (χ2n) is 9.82. The number of rotatable bonds is 5. The number of hydrogen-bond acceptors (Lipinski definition) is 5. The molecule has 3 heterocycles. The Hall–Kier alpha value is -4.39. The average molecular weight is 510 g/mol. The summed E-state index contributed by atoms with van der Waals surface area (Å²) in [6, 6.07) is 24.3. The molecule has 3 aromatic carbocycles. The van der Waals surface area contributed by atoms with Gasteiger partial charge in [0.05, 0.1) is 38.2 Å². The number of carbonyl (C=O) groups excluding carboxylic acids is 1. The largest absolute Gasteiger partial charge is 0.497 e. The predicted molar refractivity (Wildman–Crippen MR) is 148 cm³/mol. The molecule has 2 aliphatic heterocycles. The predicted octanol–water partition coefficient (Wildman–Crippen LogP) is 5.73. The molecular weight excluding hydrogens is 478 g/mol. The molecule has 6 rings (SSSR count). The number of hydrogen-bond donors (Lipinski definition) is 1. The highest BCUT2D eigenvalue weighted by Crippen LogP contribution is 2.44. The standard InChI is InChI=1S/C31H31N3O4/c1-36-24-9-6-21(7-10-24)22-8-11-28-27(19-22)32-31(29-5-4-14-34(28)29)12-15-33(16-13-31)30(35)23-17-25(37-2)20-26(18-23)38-3/h4-11,14,17-20,32H,12-13,15-16H2,1-3H3. The lowest BCUT2D eigenvalue weighted by Crippen LogP contribution is -2.51. The molecule has 0 unspecified atom stereocenters. The minimum Gasteiger partial charge on any atom is -0.497 e. The van der Waals surface area contributed by atoms with E-state index in [4.69, 9.17) is 14.2 Å². The number of carbonyl (C=O) groups is 1. The van der Waals surface area contributed by atoms with Gasteiger partial charge in [0, 0.05) is 36.6 Å². The number of benzene rings is 3. The number of piperidine rings is 1. The van der Waals surface area contributed by atoms with Crippen LogP contribution in [-0.2, 0) is 5.54 Å². The van der Waals surface area contributed by atoms with Crippen LogP contribution >= 0.6 is 0 Å². The first-order valence-electron chi connectivity index (χ1n) is 12.8. The first kappa shape index (κ1) is 24.0. The van der Waals surface area contributed by atoms with Crippen molar-refractivity contribution in [3.8, 4) is 34.1 Å². The molecule has 1 aromatic heterocycles. The Morgan fingerprint density at radius 1 is 0.789 bits per heavy atom. The summed E-state index contributed by atoms with van der Waals surface area (Å²) < 4.78 is 18.4. The third-order valence-electron chi connectivity index (χ3n) is 7.80. The van der Waals surface area contributed by atoms with Crippen LogP contribution in [0.4, 0.5) is 5.69 Å². The maximum atomic E-state index is 13.4. The van der Waals surface area contributed by atoms with E-state index in [0.717, 1.165) is 41.1 Å². The van der Waals surface area contributed by atoms with Crippen LogP contribution in [0.15, 0.2) is 79.0 Å². The van der Waals surface area contributed by atoms with Crippen molar-refractivity contribution in [1.82, 2.24) is 9.47 Å². The quantitative estimate of drug-likeness (QED) is 0.372. The van der Waals surface area contributed by atoms with Gasteiger partial charge in [-0.1, -0.05) is 18.2 Å². The molecule has 7 heteroatoms. The van der Waals surface area contributed by atoms with E-state index in [9.17, 15) is 4.79 Å². The molecule has 1 saturated heterocycles. The Morgan fingerprint density at radius 3 is 2.11 bits per heavy atom. The maximum absolute atomic E-state index is 13.4. The molecule has 0 radical (unpaired) electrons. The lowest BCUT2D eigenvalue weighted by molar-refractivity contribution is 0.0675. The first-order valence-corrected chi connectivity index (χ1v) is 12.8. The van der Waals surface area contributed by atoms with Gasteiger partial charge >= 0.3 is 0 Å².